The van der Waals surface area contributed by atoms with Crippen molar-refractivity contribution in [3.8, 4) is 11.8 Å². The van der Waals surface area contributed by atoms with Crippen LogP contribution in [0.3, 0.4) is 0 Å². The normalized spacial score (nSPS) is 9.50. The van der Waals surface area contributed by atoms with Gasteiger partial charge in [0.2, 0.25) is 0 Å². The first-order valence-electron chi connectivity index (χ1n) is 3.93. The van der Waals surface area contributed by atoms with Crippen LogP contribution in [0.4, 0.5) is 0 Å². The molecule has 0 aliphatic rings. The molecule has 0 spiro atoms. The maximum Gasteiger partial charge on any atom is 0.174 e. The predicted molar refractivity (Wildman–Crippen MR) is 55.7 cm³/mol. The number of rotatable bonds is 2. The zero-order valence-electron chi connectivity index (χ0n) is 7.54. The van der Waals surface area contributed by atoms with Crippen LogP contribution in [0.15, 0.2) is 12.1 Å². The summed E-state index contributed by atoms with van der Waals surface area (Å²) in [7, 11) is 0. The Morgan fingerprint density at radius 2 is 2.29 bits per heavy atom. The maximum atomic E-state index is 11.4. The average Bonchev–Trinajstić information content (AvgIpc) is 2.15. The molecule has 1 rings (SSSR count). The predicted octanol–water partition coefficient (Wildman–Crippen LogP) is 2.15. The van der Waals surface area contributed by atoms with Crippen molar-refractivity contribution in [1.29, 1.82) is 5.26 Å². The molecule has 1 N–H and O–H groups in total. The molecule has 0 atom stereocenters. The van der Waals surface area contributed by atoms with Crippen LogP contribution < -0.4 is 0 Å². The van der Waals surface area contributed by atoms with Gasteiger partial charge in [-0.05, 0) is 24.6 Å². The van der Waals surface area contributed by atoms with E-state index in [-0.39, 0.29) is 28.0 Å². The van der Waals surface area contributed by atoms with Gasteiger partial charge in [0.05, 0.1) is 5.33 Å². The van der Waals surface area contributed by atoms with Gasteiger partial charge in [-0.25, -0.2) is 0 Å². The van der Waals surface area contributed by atoms with E-state index in [1.165, 1.54) is 6.07 Å². The third-order valence-electron chi connectivity index (χ3n) is 1.80. The molecule has 0 aliphatic heterocycles. The van der Waals surface area contributed by atoms with Gasteiger partial charge in [-0.2, -0.15) is 5.26 Å². The number of carbonyl (C=O) groups is 1. The van der Waals surface area contributed by atoms with E-state index < -0.39 is 0 Å². The summed E-state index contributed by atoms with van der Waals surface area (Å²) in [5, 5.41) is 18.3. The number of carbonyl (C=O) groups excluding carboxylic acids is 1. The molecule has 0 radical (unpaired) electrons. The molecule has 3 nitrogen and oxygen atoms in total. The summed E-state index contributed by atoms with van der Waals surface area (Å²) in [5.41, 5.74) is 1.06. The number of Topliss-reactive ketones (excluding diaryl/α,β-unsaturated/α-hetero) is 1. The number of hydrogen-bond donors (Lipinski definition) is 1. The minimum atomic E-state index is -0.208. The molecule has 1 aromatic carbocycles. The van der Waals surface area contributed by atoms with Gasteiger partial charge in [0.15, 0.2) is 5.78 Å². The summed E-state index contributed by atoms with van der Waals surface area (Å²) in [4.78, 5) is 11.4. The SMILES string of the molecule is Cc1cc(O)c(C#N)c(C(=O)CBr)c1. The van der Waals surface area contributed by atoms with Crippen molar-refractivity contribution in [2.24, 2.45) is 0 Å². The summed E-state index contributed by atoms with van der Waals surface area (Å²) in [6, 6.07) is 4.88. The van der Waals surface area contributed by atoms with E-state index in [4.69, 9.17) is 5.26 Å². The Morgan fingerprint density at radius 3 is 2.79 bits per heavy atom. The maximum absolute atomic E-state index is 11.4. The molecule has 0 unspecified atom stereocenters. The highest BCUT2D eigenvalue weighted by atomic mass is 79.9. The van der Waals surface area contributed by atoms with Gasteiger partial charge in [-0.3, -0.25) is 4.79 Å². The number of benzene rings is 1. The fraction of sp³-hybridized carbons (Fsp3) is 0.200. The van der Waals surface area contributed by atoms with Gasteiger partial charge < -0.3 is 5.11 Å². The first-order chi connectivity index (χ1) is 6.60. The number of aromatic hydroxyl groups is 1. The summed E-state index contributed by atoms with van der Waals surface area (Å²) in [6.07, 6.45) is 0. The Balaban J connectivity index is 3.41. The summed E-state index contributed by atoms with van der Waals surface area (Å²) >= 11 is 3.02. The molecule has 0 saturated carbocycles. The smallest absolute Gasteiger partial charge is 0.174 e. The third-order valence-corrected chi connectivity index (χ3v) is 2.30. The second kappa shape index (κ2) is 4.25. The van der Waals surface area contributed by atoms with E-state index >= 15 is 0 Å². The Bertz CT molecular complexity index is 421. The van der Waals surface area contributed by atoms with E-state index in [1.807, 2.05) is 6.07 Å². The molecule has 0 heterocycles. The molecule has 0 bridgehead atoms. The topological polar surface area (TPSA) is 61.1 Å². The average molecular weight is 254 g/mol. The number of alkyl halides is 1. The molecule has 0 aliphatic carbocycles. The van der Waals surface area contributed by atoms with E-state index in [1.54, 1.807) is 13.0 Å². The molecule has 0 aromatic heterocycles. The molecular formula is C10H8BrNO2. The zero-order valence-corrected chi connectivity index (χ0v) is 9.13. The molecule has 72 valence electrons. The van der Waals surface area contributed by atoms with Crippen molar-refractivity contribution in [1.82, 2.24) is 0 Å². The van der Waals surface area contributed by atoms with Gasteiger partial charge in [-0.1, -0.05) is 15.9 Å². The first-order valence-corrected chi connectivity index (χ1v) is 5.05. The van der Waals surface area contributed by atoms with Crippen molar-refractivity contribution in [3.63, 3.8) is 0 Å². The largest absolute Gasteiger partial charge is 0.507 e. The van der Waals surface area contributed by atoms with Gasteiger partial charge in [0.25, 0.3) is 0 Å². The lowest BCUT2D eigenvalue weighted by atomic mass is 10.0. The molecule has 4 heteroatoms. The molecule has 0 amide bonds. The van der Waals surface area contributed by atoms with Crippen LogP contribution in [-0.4, -0.2) is 16.2 Å². The van der Waals surface area contributed by atoms with Crippen LogP contribution in [0.25, 0.3) is 0 Å². The minimum Gasteiger partial charge on any atom is -0.507 e. The lowest BCUT2D eigenvalue weighted by Crippen LogP contribution is -2.03. The minimum absolute atomic E-state index is 0.0417. The van der Waals surface area contributed by atoms with Crippen LogP contribution in [0.1, 0.15) is 21.5 Å². The van der Waals surface area contributed by atoms with Gasteiger partial charge in [0, 0.05) is 5.56 Å². The third kappa shape index (κ3) is 1.94. The quantitative estimate of drug-likeness (QED) is 0.649. The lowest BCUT2D eigenvalue weighted by molar-refractivity contribution is 0.102. The van der Waals surface area contributed by atoms with Crippen molar-refractivity contribution in [3.05, 3.63) is 28.8 Å². The van der Waals surface area contributed by atoms with Crippen LogP contribution in [0, 0.1) is 18.3 Å². The Morgan fingerprint density at radius 1 is 1.64 bits per heavy atom. The van der Waals surface area contributed by atoms with Crippen molar-refractivity contribution in [2.75, 3.05) is 5.33 Å². The number of halogens is 1. The summed E-state index contributed by atoms with van der Waals surface area (Å²) in [6.45, 7) is 1.76. The summed E-state index contributed by atoms with van der Waals surface area (Å²) in [5.74, 6) is -0.350. The molecule has 1 aromatic rings. The molecule has 14 heavy (non-hydrogen) atoms. The van der Waals surface area contributed by atoms with Gasteiger partial charge >= 0.3 is 0 Å². The highest BCUT2D eigenvalue weighted by molar-refractivity contribution is 9.09. The Labute approximate surface area is 90.1 Å². The monoisotopic (exact) mass is 253 g/mol. The number of nitriles is 1. The number of phenols is 1. The first kappa shape index (κ1) is 10.7. The number of aryl methyl sites for hydroxylation is 1. The van der Waals surface area contributed by atoms with Crippen LogP contribution >= 0.6 is 15.9 Å². The van der Waals surface area contributed by atoms with Crippen LogP contribution in [-0.2, 0) is 0 Å². The Kier molecular flexibility index (Phi) is 3.26. The highest BCUT2D eigenvalue weighted by Crippen LogP contribution is 2.23. The van der Waals surface area contributed by atoms with E-state index in [9.17, 15) is 9.90 Å². The molecule has 0 saturated heterocycles. The standard InChI is InChI=1S/C10H8BrNO2/c1-6-2-7(10(14)4-11)8(5-12)9(13)3-6/h2-3,13H,4H2,1H3. The summed E-state index contributed by atoms with van der Waals surface area (Å²) < 4.78 is 0. The highest BCUT2D eigenvalue weighted by Gasteiger charge is 2.14. The van der Waals surface area contributed by atoms with Gasteiger partial charge in [-0.15, -0.1) is 0 Å². The fourth-order valence-corrected chi connectivity index (χ4v) is 1.48. The van der Waals surface area contributed by atoms with E-state index in [0.717, 1.165) is 5.56 Å². The number of hydrogen-bond acceptors (Lipinski definition) is 3. The second-order valence-electron chi connectivity index (χ2n) is 2.88. The number of phenolic OH excluding ortho intramolecular Hbond substituents is 1. The lowest BCUT2D eigenvalue weighted by Gasteiger charge is -2.04. The number of nitrogens with zero attached hydrogens (tertiary/aromatic N) is 1. The zero-order chi connectivity index (χ0) is 10.7. The molecular weight excluding hydrogens is 246 g/mol. The Hall–Kier alpha value is -1.34. The molecule has 0 fully saturated rings. The van der Waals surface area contributed by atoms with Gasteiger partial charge in [0.1, 0.15) is 17.4 Å². The van der Waals surface area contributed by atoms with E-state index in [2.05, 4.69) is 15.9 Å². The van der Waals surface area contributed by atoms with Crippen molar-refractivity contribution < 1.29 is 9.90 Å². The van der Waals surface area contributed by atoms with Crippen molar-refractivity contribution in [2.45, 2.75) is 6.92 Å². The fourth-order valence-electron chi connectivity index (χ4n) is 1.18. The van der Waals surface area contributed by atoms with E-state index in [0.29, 0.717) is 0 Å². The van der Waals surface area contributed by atoms with Crippen molar-refractivity contribution >= 4 is 21.7 Å². The second-order valence-corrected chi connectivity index (χ2v) is 3.44. The van der Waals surface area contributed by atoms with Crippen LogP contribution in [0.2, 0.25) is 0 Å². The number of ketones is 1. The van der Waals surface area contributed by atoms with Crippen LogP contribution in [0.5, 0.6) is 5.75 Å².